The van der Waals surface area contributed by atoms with E-state index in [4.69, 9.17) is 7.85 Å². The van der Waals surface area contributed by atoms with E-state index >= 15 is 0 Å². The summed E-state index contributed by atoms with van der Waals surface area (Å²) in [4.78, 5) is 0. The molecule has 0 heterocycles. The lowest BCUT2D eigenvalue weighted by Crippen LogP contribution is -2.04. The topological polar surface area (TPSA) is 20.2 Å². The van der Waals surface area contributed by atoms with Gasteiger partial charge in [0.2, 0.25) is 0 Å². The Labute approximate surface area is 90.8 Å². The molecule has 0 spiro atoms. The van der Waals surface area contributed by atoms with Crippen molar-refractivity contribution in [1.29, 1.82) is 0 Å². The van der Waals surface area contributed by atoms with Crippen LogP contribution in [0.5, 0.6) is 0 Å². The third-order valence-electron chi connectivity index (χ3n) is 2.37. The second kappa shape index (κ2) is 4.32. The van der Waals surface area contributed by atoms with Gasteiger partial charge < -0.3 is 5.11 Å². The largest absolute Gasteiger partial charge is 0.384 e. The standard InChI is InChI=1S/C13H11BO/c14-12-8-6-11(7-9-12)13(15)10-4-2-1-3-5-10/h1-9,13,15H. The van der Waals surface area contributed by atoms with Gasteiger partial charge in [-0.05, 0) is 11.1 Å². The molecule has 0 amide bonds. The molecular formula is C13H11BO. The summed E-state index contributed by atoms with van der Waals surface area (Å²) >= 11 is 0. The summed E-state index contributed by atoms with van der Waals surface area (Å²) in [6.07, 6.45) is -0.577. The molecule has 0 aliphatic heterocycles. The second-order valence-corrected chi connectivity index (χ2v) is 3.48. The maximum Gasteiger partial charge on any atom is 0.113 e. The minimum atomic E-state index is -0.577. The van der Waals surface area contributed by atoms with Gasteiger partial charge in [0, 0.05) is 0 Å². The van der Waals surface area contributed by atoms with Gasteiger partial charge in [0.15, 0.2) is 0 Å². The lowest BCUT2D eigenvalue weighted by molar-refractivity contribution is 0.220. The van der Waals surface area contributed by atoms with Crippen LogP contribution in [0.15, 0.2) is 54.6 Å². The molecule has 0 bridgehead atoms. The summed E-state index contributed by atoms with van der Waals surface area (Å²) < 4.78 is 0. The van der Waals surface area contributed by atoms with Crippen LogP contribution in [0, 0.1) is 0 Å². The first-order valence-corrected chi connectivity index (χ1v) is 4.86. The Kier molecular flexibility index (Phi) is 2.88. The Morgan fingerprint density at radius 2 is 1.33 bits per heavy atom. The highest BCUT2D eigenvalue weighted by Gasteiger charge is 2.08. The zero-order chi connectivity index (χ0) is 10.7. The molecule has 2 radical (unpaired) electrons. The van der Waals surface area contributed by atoms with Crippen molar-refractivity contribution in [3.05, 3.63) is 65.7 Å². The third kappa shape index (κ3) is 2.28. The zero-order valence-corrected chi connectivity index (χ0v) is 8.30. The molecule has 72 valence electrons. The van der Waals surface area contributed by atoms with Crippen molar-refractivity contribution < 1.29 is 5.11 Å². The van der Waals surface area contributed by atoms with Gasteiger partial charge in [0.25, 0.3) is 0 Å². The van der Waals surface area contributed by atoms with Crippen molar-refractivity contribution in [2.24, 2.45) is 0 Å². The molecule has 15 heavy (non-hydrogen) atoms. The maximum absolute atomic E-state index is 10.0. The maximum atomic E-state index is 10.0. The molecule has 1 unspecified atom stereocenters. The van der Waals surface area contributed by atoms with Crippen molar-refractivity contribution in [3.8, 4) is 0 Å². The molecule has 0 saturated heterocycles. The molecule has 0 saturated carbocycles. The fourth-order valence-electron chi connectivity index (χ4n) is 1.51. The number of aliphatic hydroxyl groups is 1. The van der Waals surface area contributed by atoms with E-state index in [-0.39, 0.29) is 0 Å². The Hall–Kier alpha value is -1.54. The number of hydrogen-bond acceptors (Lipinski definition) is 1. The smallest absolute Gasteiger partial charge is 0.113 e. The Morgan fingerprint density at radius 3 is 1.93 bits per heavy atom. The number of hydrogen-bond donors (Lipinski definition) is 1. The van der Waals surface area contributed by atoms with Gasteiger partial charge >= 0.3 is 0 Å². The highest BCUT2D eigenvalue weighted by Crippen LogP contribution is 2.20. The lowest BCUT2D eigenvalue weighted by Gasteiger charge is -2.11. The van der Waals surface area contributed by atoms with Crippen LogP contribution in [0.4, 0.5) is 0 Å². The normalized spacial score (nSPS) is 12.3. The SMILES string of the molecule is [B]c1ccc(C(O)c2ccccc2)cc1. The van der Waals surface area contributed by atoms with E-state index in [0.717, 1.165) is 11.1 Å². The van der Waals surface area contributed by atoms with E-state index in [1.54, 1.807) is 12.1 Å². The fraction of sp³-hybridized carbons (Fsp3) is 0.0769. The summed E-state index contributed by atoms with van der Waals surface area (Å²) in [5.41, 5.74) is 2.46. The van der Waals surface area contributed by atoms with Crippen LogP contribution >= 0.6 is 0 Å². The van der Waals surface area contributed by atoms with Gasteiger partial charge in [0.1, 0.15) is 14.0 Å². The van der Waals surface area contributed by atoms with Gasteiger partial charge in [-0.15, -0.1) is 0 Å². The van der Waals surface area contributed by atoms with E-state index in [2.05, 4.69) is 0 Å². The van der Waals surface area contributed by atoms with E-state index in [0.29, 0.717) is 5.46 Å². The van der Waals surface area contributed by atoms with Gasteiger partial charge in [-0.1, -0.05) is 60.1 Å². The summed E-state index contributed by atoms with van der Waals surface area (Å²) in [5, 5.41) is 10.0. The van der Waals surface area contributed by atoms with Gasteiger partial charge in [-0.25, -0.2) is 0 Å². The Bertz CT molecular complexity index is 422. The second-order valence-electron chi connectivity index (χ2n) is 3.48. The molecule has 1 nitrogen and oxygen atoms in total. The van der Waals surface area contributed by atoms with Crippen molar-refractivity contribution in [3.63, 3.8) is 0 Å². The van der Waals surface area contributed by atoms with Crippen LogP contribution in [0.3, 0.4) is 0 Å². The monoisotopic (exact) mass is 194 g/mol. The minimum absolute atomic E-state index is 0.577. The van der Waals surface area contributed by atoms with Crippen LogP contribution in [0.2, 0.25) is 0 Å². The number of aliphatic hydroxyl groups excluding tert-OH is 1. The minimum Gasteiger partial charge on any atom is -0.384 e. The molecule has 2 aromatic rings. The molecule has 0 fully saturated rings. The molecule has 2 heteroatoms. The molecule has 2 aromatic carbocycles. The summed E-state index contributed by atoms with van der Waals surface area (Å²) in [6, 6.07) is 16.8. The van der Waals surface area contributed by atoms with Crippen LogP contribution in [0.25, 0.3) is 0 Å². The Morgan fingerprint density at radius 1 is 0.800 bits per heavy atom. The molecule has 1 atom stereocenters. The summed E-state index contributed by atoms with van der Waals surface area (Å²) in [5.74, 6) is 0. The van der Waals surface area contributed by atoms with E-state index in [1.165, 1.54) is 0 Å². The van der Waals surface area contributed by atoms with E-state index in [1.807, 2.05) is 42.5 Å². The van der Waals surface area contributed by atoms with Crippen LogP contribution in [0.1, 0.15) is 17.2 Å². The highest BCUT2D eigenvalue weighted by atomic mass is 16.3. The van der Waals surface area contributed by atoms with E-state index < -0.39 is 6.10 Å². The van der Waals surface area contributed by atoms with Crippen LogP contribution in [-0.4, -0.2) is 13.0 Å². The molecule has 2 rings (SSSR count). The molecule has 1 N–H and O–H groups in total. The van der Waals surface area contributed by atoms with Crippen LogP contribution < -0.4 is 5.46 Å². The van der Waals surface area contributed by atoms with Crippen molar-refractivity contribution in [2.45, 2.75) is 6.10 Å². The van der Waals surface area contributed by atoms with Gasteiger partial charge in [-0.3, -0.25) is 0 Å². The summed E-state index contributed by atoms with van der Waals surface area (Å²) in [7, 11) is 5.58. The first kappa shape index (κ1) is 10.00. The fourth-order valence-corrected chi connectivity index (χ4v) is 1.51. The first-order chi connectivity index (χ1) is 7.27. The third-order valence-corrected chi connectivity index (χ3v) is 2.37. The van der Waals surface area contributed by atoms with Gasteiger partial charge in [-0.2, -0.15) is 0 Å². The quantitative estimate of drug-likeness (QED) is 0.719. The lowest BCUT2D eigenvalue weighted by atomic mass is 9.93. The van der Waals surface area contributed by atoms with E-state index in [9.17, 15) is 5.11 Å². The molecular weight excluding hydrogens is 183 g/mol. The molecule has 0 aliphatic carbocycles. The highest BCUT2D eigenvalue weighted by molar-refractivity contribution is 6.32. The van der Waals surface area contributed by atoms with Crippen LogP contribution in [-0.2, 0) is 0 Å². The number of benzene rings is 2. The predicted octanol–water partition coefficient (Wildman–Crippen LogP) is 1.56. The first-order valence-electron chi connectivity index (χ1n) is 4.86. The van der Waals surface area contributed by atoms with Gasteiger partial charge in [0.05, 0.1) is 0 Å². The van der Waals surface area contributed by atoms with Crippen molar-refractivity contribution in [2.75, 3.05) is 0 Å². The molecule has 0 aliphatic rings. The Balaban J connectivity index is 2.29. The average Bonchev–Trinajstić information content (AvgIpc) is 2.30. The predicted molar refractivity (Wildman–Crippen MR) is 62.3 cm³/mol. The van der Waals surface area contributed by atoms with Crippen molar-refractivity contribution >= 4 is 13.3 Å². The number of rotatable bonds is 2. The van der Waals surface area contributed by atoms with Crippen molar-refractivity contribution in [1.82, 2.24) is 0 Å². The molecule has 0 aromatic heterocycles. The summed E-state index contributed by atoms with van der Waals surface area (Å²) in [6.45, 7) is 0. The zero-order valence-electron chi connectivity index (χ0n) is 8.30. The average molecular weight is 194 g/mol.